The Balaban J connectivity index is 0.00000400. The largest absolute Gasteiger partial charge is 1.00 e. The highest BCUT2D eigenvalue weighted by molar-refractivity contribution is 5.13. The summed E-state index contributed by atoms with van der Waals surface area (Å²) in [6.07, 6.45) is -2.42. The molecule has 0 fully saturated rings. The van der Waals surface area contributed by atoms with Gasteiger partial charge in [-0.25, -0.2) is 0 Å². The maximum atomic E-state index is 9.42. The molecular formula is C13H25ClN4O3. The monoisotopic (exact) mass is 320 g/mol. The van der Waals surface area contributed by atoms with Gasteiger partial charge in [-0.3, -0.25) is 21.7 Å². The van der Waals surface area contributed by atoms with Gasteiger partial charge in [0.25, 0.3) is 0 Å². The van der Waals surface area contributed by atoms with Crippen LogP contribution in [0.15, 0.2) is 30.3 Å². The van der Waals surface area contributed by atoms with Crippen molar-refractivity contribution in [1.82, 2.24) is 0 Å². The van der Waals surface area contributed by atoms with E-state index in [0.29, 0.717) is 6.54 Å². The lowest BCUT2D eigenvalue weighted by molar-refractivity contribution is -1.01. The van der Waals surface area contributed by atoms with Gasteiger partial charge in [-0.15, -0.1) is 0 Å². The van der Waals surface area contributed by atoms with E-state index in [4.69, 9.17) is 17.2 Å². The van der Waals surface area contributed by atoms with Crippen LogP contribution in [-0.2, 0) is 6.54 Å². The molecule has 0 radical (unpaired) electrons. The molecule has 1 aromatic carbocycles. The normalized spacial score (nSPS) is 18.2. The van der Waals surface area contributed by atoms with E-state index in [0.717, 1.165) is 5.56 Å². The predicted molar refractivity (Wildman–Crippen MR) is 75.6 cm³/mol. The molecule has 9 N–H and O–H groups in total. The molecule has 0 saturated carbocycles. The fourth-order valence-electron chi connectivity index (χ4n) is 2.45. The van der Waals surface area contributed by atoms with E-state index in [1.54, 1.807) is 0 Å². The molecule has 21 heavy (non-hydrogen) atoms. The smallest absolute Gasteiger partial charge is 0.166 e. The van der Waals surface area contributed by atoms with E-state index >= 15 is 0 Å². The van der Waals surface area contributed by atoms with E-state index in [-0.39, 0.29) is 36.7 Å². The lowest BCUT2D eigenvalue weighted by Crippen LogP contribution is -3.00. The van der Waals surface area contributed by atoms with E-state index in [9.17, 15) is 15.3 Å². The van der Waals surface area contributed by atoms with Gasteiger partial charge in [0, 0.05) is 5.56 Å². The minimum Gasteiger partial charge on any atom is -1.00 e. The minimum atomic E-state index is -0.806. The number of nitrogens with two attached hydrogens (primary N) is 3. The number of hydrogen-bond donors (Lipinski definition) is 6. The molecule has 0 amide bonds. The number of nitrogens with zero attached hydrogens (tertiary/aromatic N) is 1. The molecule has 3 unspecified atom stereocenters. The summed E-state index contributed by atoms with van der Waals surface area (Å²) in [6, 6.07) is 9.37. The van der Waals surface area contributed by atoms with Crippen LogP contribution in [0.3, 0.4) is 0 Å². The summed E-state index contributed by atoms with van der Waals surface area (Å²) in [5.74, 6) is 0. The molecule has 1 aromatic rings. The van der Waals surface area contributed by atoms with Gasteiger partial charge in [-0.1, -0.05) is 30.3 Å². The lowest BCUT2D eigenvalue weighted by atomic mass is 10.1. The zero-order valence-electron chi connectivity index (χ0n) is 11.8. The van der Waals surface area contributed by atoms with Crippen molar-refractivity contribution in [2.24, 2.45) is 17.2 Å². The van der Waals surface area contributed by atoms with Crippen LogP contribution in [0.25, 0.3) is 0 Å². The molecule has 0 heterocycles. The van der Waals surface area contributed by atoms with Gasteiger partial charge in [-0.05, 0) is 0 Å². The SMILES string of the molecule is NC(CO)[N+](Cc1ccccc1)(C(N)CO)C(N)CO.[Cl-]. The summed E-state index contributed by atoms with van der Waals surface area (Å²) >= 11 is 0. The summed E-state index contributed by atoms with van der Waals surface area (Å²) in [6.45, 7) is -0.747. The lowest BCUT2D eigenvalue weighted by Gasteiger charge is -2.49. The molecule has 0 aromatic heterocycles. The van der Waals surface area contributed by atoms with Crippen LogP contribution in [-0.4, -0.2) is 58.1 Å². The highest BCUT2D eigenvalue weighted by atomic mass is 35.5. The first-order valence-corrected chi connectivity index (χ1v) is 6.53. The molecule has 0 spiro atoms. The van der Waals surface area contributed by atoms with Crippen LogP contribution < -0.4 is 29.6 Å². The molecule has 0 aliphatic heterocycles. The quantitative estimate of drug-likeness (QED) is 0.209. The first-order valence-electron chi connectivity index (χ1n) is 6.53. The number of benzene rings is 1. The zero-order chi connectivity index (χ0) is 15.2. The van der Waals surface area contributed by atoms with Crippen LogP contribution in [0.5, 0.6) is 0 Å². The van der Waals surface area contributed by atoms with Crippen molar-refractivity contribution >= 4 is 0 Å². The Hall–Kier alpha value is -0.770. The second-order valence-corrected chi connectivity index (χ2v) is 4.89. The van der Waals surface area contributed by atoms with Gasteiger partial charge in [0.15, 0.2) is 18.5 Å². The number of quaternary nitrogens is 1. The molecule has 122 valence electrons. The van der Waals surface area contributed by atoms with Crippen LogP contribution in [0.1, 0.15) is 5.56 Å². The number of halogens is 1. The van der Waals surface area contributed by atoms with E-state index in [1.807, 2.05) is 30.3 Å². The van der Waals surface area contributed by atoms with Gasteiger partial charge in [0.05, 0.1) is 0 Å². The van der Waals surface area contributed by atoms with Crippen LogP contribution in [0.2, 0.25) is 0 Å². The maximum absolute atomic E-state index is 9.42. The van der Waals surface area contributed by atoms with Crippen molar-refractivity contribution in [3.05, 3.63) is 35.9 Å². The highest BCUT2D eigenvalue weighted by Gasteiger charge is 2.45. The van der Waals surface area contributed by atoms with Crippen molar-refractivity contribution < 1.29 is 32.2 Å². The second kappa shape index (κ2) is 9.29. The number of rotatable bonds is 8. The third kappa shape index (κ3) is 4.35. The Kier molecular flexibility index (Phi) is 8.95. The Morgan fingerprint density at radius 2 is 1.19 bits per heavy atom. The van der Waals surface area contributed by atoms with Crippen molar-refractivity contribution in [2.45, 2.75) is 25.0 Å². The molecule has 0 saturated heterocycles. The summed E-state index contributed by atoms with van der Waals surface area (Å²) in [5, 5.41) is 28.3. The third-order valence-electron chi connectivity index (χ3n) is 3.71. The van der Waals surface area contributed by atoms with Gasteiger partial charge < -0.3 is 27.7 Å². The Bertz CT molecular complexity index is 370. The van der Waals surface area contributed by atoms with Crippen molar-refractivity contribution in [3.63, 3.8) is 0 Å². The highest BCUT2D eigenvalue weighted by Crippen LogP contribution is 2.22. The Labute approximate surface area is 131 Å². The average Bonchev–Trinajstić information content (AvgIpc) is 2.51. The van der Waals surface area contributed by atoms with E-state index in [2.05, 4.69) is 0 Å². The minimum absolute atomic E-state index is 0. The van der Waals surface area contributed by atoms with Gasteiger partial charge in [0.2, 0.25) is 0 Å². The number of aliphatic hydroxyl groups is 3. The molecule has 1 rings (SSSR count). The fraction of sp³-hybridized carbons (Fsp3) is 0.538. The summed E-state index contributed by atoms with van der Waals surface area (Å²) < 4.78 is -0.187. The van der Waals surface area contributed by atoms with Crippen molar-refractivity contribution in [3.8, 4) is 0 Å². The molecule has 3 atom stereocenters. The van der Waals surface area contributed by atoms with E-state index in [1.165, 1.54) is 0 Å². The van der Waals surface area contributed by atoms with Crippen LogP contribution in [0, 0.1) is 0 Å². The molecule has 8 heteroatoms. The summed E-state index contributed by atoms with van der Waals surface area (Å²) in [5.41, 5.74) is 18.9. The predicted octanol–water partition coefficient (Wildman–Crippen LogP) is -5.16. The molecule has 0 bridgehead atoms. The number of hydrogen-bond acceptors (Lipinski definition) is 6. The van der Waals surface area contributed by atoms with Gasteiger partial charge >= 0.3 is 0 Å². The Morgan fingerprint density at radius 3 is 1.52 bits per heavy atom. The maximum Gasteiger partial charge on any atom is 0.166 e. The molecular weight excluding hydrogens is 296 g/mol. The first kappa shape index (κ1) is 20.2. The van der Waals surface area contributed by atoms with Crippen molar-refractivity contribution in [1.29, 1.82) is 0 Å². The first-order chi connectivity index (χ1) is 9.52. The van der Waals surface area contributed by atoms with Crippen molar-refractivity contribution in [2.75, 3.05) is 19.8 Å². The van der Waals surface area contributed by atoms with Crippen LogP contribution in [0.4, 0.5) is 0 Å². The van der Waals surface area contributed by atoms with Crippen LogP contribution >= 0.6 is 0 Å². The molecule has 7 nitrogen and oxygen atoms in total. The molecule has 0 aliphatic carbocycles. The average molecular weight is 321 g/mol. The second-order valence-electron chi connectivity index (χ2n) is 4.89. The zero-order valence-corrected chi connectivity index (χ0v) is 12.6. The topological polar surface area (TPSA) is 139 Å². The molecule has 0 aliphatic rings. The van der Waals surface area contributed by atoms with Gasteiger partial charge in [-0.2, -0.15) is 0 Å². The Morgan fingerprint density at radius 1 is 0.810 bits per heavy atom. The summed E-state index contributed by atoms with van der Waals surface area (Å²) in [7, 11) is 0. The number of aliphatic hydroxyl groups excluding tert-OH is 3. The van der Waals surface area contributed by atoms with E-state index < -0.39 is 18.5 Å². The standard InChI is InChI=1S/C13H25N4O3.ClH/c14-11(7-18)17(12(15)8-19,13(16)9-20)6-10-4-2-1-3-5-10;/h1-5,11-13,18-20H,6-9,14-16H2;1H/q+1;/p-1. The third-order valence-corrected chi connectivity index (χ3v) is 3.71. The summed E-state index contributed by atoms with van der Waals surface area (Å²) in [4.78, 5) is 0. The van der Waals surface area contributed by atoms with Gasteiger partial charge in [0.1, 0.15) is 26.4 Å². The fourth-order valence-corrected chi connectivity index (χ4v) is 2.45.